The van der Waals surface area contributed by atoms with Crippen molar-refractivity contribution >= 4 is 5.91 Å². The lowest BCUT2D eigenvalue weighted by Crippen LogP contribution is -2.41. The predicted octanol–water partition coefficient (Wildman–Crippen LogP) is 0.896. The Morgan fingerprint density at radius 1 is 1.20 bits per heavy atom. The zero-order valence-electron chi connectivity index (χ0n) is 14.6. The van der Waals surface area contributed by atoms with Gasteiger partial charge in [0, 0.05) is 18.8 Å². The number of rotatable bonds is 5. The van der Waals surface area contributed by atoms with Crippen LogP contribution in [0.25, 0.3) is 0 Å². The molecule has 2 N–H and O–H groups in total. The van der Waals surface area contributed by atoms with Crippen molar-refractivity contribution in [2.24, 2.45) is 0 Å². The van der Waals surface area contributed by atoms with E-state index in [2.05, 4.69) is 15.2 Å². The first kappa shape index (κ1) is 18.1. The summed E-state index contributed by atoms with van der Waals surface area (Å²) in [6, 6.07) is 3.45. The summed E-state index contributed by atoms with van der Waals surface area (Å²) in [5.41, 5.74) is 0.648. The number of H-pyrrole nitrogens is 1. The first-order chi connectivity index (χ1) is 12.2. The highest BCUT2D eigenvalue weighted by Crippen LogP contribution is 2.12. The molecule has 3 heterocycles. The second-order valence-corrected chi connectivity index (χ2v) is 6.69. The van der Waals surface area contributed by atoms with Crippen molar-refractivity contribution < 1.29 is 14.3 Å². The largest absolute Gasteiger partial charge is 0.376 e. The molecular formula is C18H27N3O4. The van der Waals surface area contributed by atoms with Gasteiger partial charge in [-0.05, 0) is 38.1 Å². The number of hydrogen-bond donors (Lipinski definition) is 2. The van der Waals surface area contributed by atoms with E-state index in [1.165, 1.54) is 25.7 Å². The second kappa shape index (κ2) is 9.12. The third-order valence-corrected chi connectivity index (χ3v) is 4.68. The number of hydrogen-bond acceptors (Lipinski definition) is 5. The fourth-order valence-corrected chi connectivity index (χ4v) is 3.28. The fourth-order valence-electron chi connectivity index (χ4n) is 3.28. The number of likely N-dealkylation sites (tertiary alicyclic amines) is 1. The van der Waals surface area contributed by atoms with E-state index in [1.807, 2.05) is 6.07 Å². The van der Waals surface area contributed by atoms with Crippen LogP contribution in [0.1, 0.15) is 41.7 Å². The lowest BCUT2D eigenvalue weighted by atomic mass is 10.2. The van der Waals surface area contributed by atoms with Crippen LogP contribution in [0.2, 0.25) is 0 Å². The van der Waals surface area contributed by atoms with Gasteiger partial charge in [0.15, 0.2) is 0 Å². The van der Waals surface area contributed by atoms with E-state index in [0.717, 1.165) is 25.3 Å². The number of aromatic amines is 1. The van der Waals surface area contributed by atoms with E-state index in [9.17, 15) is 9.59 Å². The normalized spacial score (nSPS) is 22.3. The number of carbonyl (C=O) groups excluding carboxylic acids is 1. The molecule has 25 heavy (non-hydrogen) atoms. The van der Waals surface area contributed by atoms with Crippen molar-refractivity contribution in [1.29, 1.82) is 0 Å². The standard InChI is InChI=1S/C18H27N3O4/c22-17(19-11-15-13-24-9-10-25-15)16-6-5-14(20-18(16)23)12-21-7-3-1-2-4-8-21/h5-6,15H,1-4,7-13H2,(H,19,22)(H,20,23). The third-order valence-electron chi connectivity index (χ3n) is 4.68. The number of nitrogens with one attached hydrogen (secondary N) is 2. The van der Waals surface area contributed by atoms with E-state index in [0.29, 0.717) is 26.4 Å². The third kappa shape index (κ3) is 5.39. The molecule has 2 aliphatic heterocycles. The number of carbonyl (C=O) groups is 1. The van der Waals surface area contributed by atoms with Crippen molar-refractivity contribution in [3.63, 3.8) is 0 Å². The molecule has 0 aromatic carbocycles. The number of amides is 1. The molecular weight excluding hydrogens is 322 g/mol. The van der Waals surface area contributed by atoms with Gasteiger partial charge in [-0.1, -0.05) is 12.8 Å². The molecule has 2 fully saturated rings. The molecule has 0 bridgehead atoms. The molecule has 7 heteroatoms. The minimum atomic E-state index is -0.378. The summed E-state index contributed by atoms with van der Waals surface area (Å²) in [5, 5.41) is 2.74. The first-order valence-corrected chi connectivity index (χ1v) is 9.14. The van der Waals surface area contributed by atoms with E-state index < -0.39 is 0 Å². The number of nitrogens with zero attached hydrogens (tertiary/aromatic N) is 1. The highest BCUT2D eigenvalue weighted by Gasteiger charge is 2.17. The molecule has 1 aromatic rings. The number of pyridine rings is 1. The van der Waals surface area contributed by atoms with Crippen LogP contribution in [0.5, 0.6) is 0 Å². The smallest absolute Gasteiger partial charge is 0.261 e. The summed E-state index contributed by atoms with van der Waals surface area (Å²) in [6.07, 6.45) is 4.82. The molecule has 0 aliphatic carbocycles. The van der Waals surface area contributed by atoms with Gasteiger partial charge in [0.2, 0.25) is 0 Å². The van der Waals surface area contributed by atoms with Gasteiger partial charge in [0.25, 0.3) is 11.5 Å². The monoisotopic (exact) mass is 349 g/mol. The van der Waals surface area contributed by atoms with Gasteiger partial charge >= 0.3 is 0 Å². The Morgan fingerprint density at radius 2 is 2.00 bits per heavy atom. The maximum absolute atomic E-state index is 12.3. The molecule has 1 aromatic heterocycles. The van der Waals surface area contributed by atoms with Gasteiger partial charge < -0.3 is 19.8 Å². The van der Waals surface area contributed by atoms with Crippen LogP contribution in [-0.4, -0.2) is 61.3 Å². The Kier molecular flexibility index (Phi) is 6.61. The maximum atomic E-state index is 12.3. The number of ether oxygens (including phenoxy) is 2. The van der Waals surface area contributed by atoms with Crippen LogP contribution >= 0.6 is 0 Å². The quantitative estimate of drug-likeness (QED) is 0.825. The van der Waals surface area contributed by atoms with Gasteiger partial charge in [-0.15, -0.1) is 0 Å². The molecule has 7 nitrogen and oxygen atoms in total. The highest BCUT2D eigenvalue weighted by atomic mass is 16.6. The van der Waals surface area contributed by atoms with Gasteiger partial charge in [-0.25, -0.2) is 0 Å². The molecule has 0 spiro atoms. The SMILES string of the molecule is O=C(NCC1COCCO1)c1ccc(CN2CCCCCC2)[nH]c1=O. The van der Waals surface area contributed by atoms with E-state index >= 15 is 0 Å². The van der Waals surface area contributed by atoms with Crippen molar-refractivity contribution in [3.8, 4) is 0 Å². The molecule has 2 aliphatic rings. The maximum Gasteiger partial charge on any atom is 0.261 e. The van der Waals surface area contributed by atoms with Crippen molar-refractivity contribution in [2.45, 2.75) is 38.3 Å². The lowest BCUT2D eigenvalue weighted by Gasteiger charge is -2.23. The number of aromatic nitrogens is 1. The van der Waals surface area contributed by atoms with Crippen molar-refractivity contribution in [2.75, 3.05) is 39.5 Å². The van der Waals surface area contributed by atoms with Gasteiger partial charge in [0.1, 0.15) is 5.56 Å². The van der Waals surface area contributed by atoms with Gasteiger partial charge in [-0.2, -0.15) is 0 Å². The van der Waals surface area contributed by atoms with Crippen LogP contribution in [-0.2, 0) is 16.0 Å². The summed E-state index contributed by atoms with van der Waals surface area (Å²) in [4.78, 5) is 29.7. The lowest BCUT2D eigenvalue weighted by molar-refractivity contribution is -0.0855. The molecule has 138 valence electrons. The van der Waals surface area contributed by atoms with Crippen LogP contribution in [0.15, 0.2) is 16.9 Å². The molecule has 0 radical (unpaired) electrons. The average Bonchev–Trinajstić information content (AvgIpc) is 2.89. The van der Waals surface area contributed by atoms with Crippen molar-refractivity contribution in [3.05, 3.63) is 33.7 Å². The van der Waals surface area contributed by atoms with Crippen molar-refractivity contribution in [1.82, 2.24) is 15.2 Å². The first-order valence-electron chi connectivity index (χ1n) is 9.14. The summed E-state index contributed by atoms with van der Waals surface area (Å²) >= 11 is 0. The molecule has 0 saturated carbocycles. The Morgan fingerprint density at radius 3 is 2.68 bits per heavy atom. The second-order valence-electron chi connectivity index (χ2n) is 6.69. The average molecular weight is 349 g/mol. The van der Waals surface area contributed by atoms with Crippen LogP contribution in [0.4, 0.5) is 0 Å². The molecule has 1 unspecified atom stereocenters. The summed E-state index contributed by atoms with van der Waals surface area (Å²) in [7, 11) is 0. The Hall–Kier alpha value is -1.70. The van der Waals surface area contributed by atoms with Crippen LogP contribution in [0, 0.1) is 0 Å². The van der Waals surface area contributed by atoms with Crippen LogP contribution < -0.4 is 10.9 Å². The summed E-state index contributed by atoms with van der Waals surface area (Å²) < 4.78 is 10.8. The van der Waals surface area contributed by atoms with E-state index in [-0.39, 0.29) is 23.1 Å². The Bertz CT molecular complexity index is 617. The predicted molar refractivity (Wildman–Crippen MR) is 93.7 cm³/mol. The fraction of sp³-hybridized carbons (Fsp3) is 0.667. The molecule has 2 saturated heterocycles. The molecule has 1 amide bonds. The summed E-state index contributed by atoms with van der Waals surface area (Å²) in [5.74, 6) is -0.378. The summed E-state index contributed by atoms with van der Waals surface area (Å²) in [6.45, 7) is 4.78. The Labute approximate surface area is 147 Å². The van der Waals surface area contributed by atoms with Gasteiger partial charge in [0.05, 0.1) is 25.9 Å². The Balaban J connectivity index is 1.55. The molecule has 3 rings (SSSR count). The zero-order chi connectivity index (χ0) is 17.5. The molecule has 1 atom stereocenters. The minimum absolute atomic E-state index is 0.136. The topological polar surface area (TPSA) is 83.7 Å². The highest BCUT2D eigenvalue weighted by molar-refractivity contribution is 5.93. The van der Waals surface area contributed by atoms with E-state index in [4.69, 9.17) is 9.47 Å². The van der Waals surface area contributed by atoms with E-state index in [1.54, 1.807) is 6.07 Å². The minimum Gasteiger partial charge on any atom is -0.376 e. The van der Waals surface area contributed by atoms with Gasteiger partial charge in [-0.3, -0.25) is 14.5 Å². The van der Waals surface area contributed by atoms with Crippen LogP contribution in [0.3, 0.4) is 0 Å². The zero-order valence-corrected chi connectivity index (χ0v) is 14.6.